The van der Waals surface area contributed by atoms with Gasteiger partial charge >= 0.3 is 5.97 Å². The molecule has 9 heteroatoms. The van der Waals surface area contributed by atoms with Crippen molar-refractivity contribution in [1.29, 1.82) is 0 Å². The number of aromatic nitrogens is 1. The van der Waals surface area contributed by atoms with Gasteiger partial charge in [0.25, 0.3) is 5.91 Å². The summed E-state index contributed by atoms with van der Waals surface area (Å²) in [5, 5.41) is 2.66. The molecule has 5 nitrogen and oxygen atoms in total. The molecule has 2 heterocycles. The van der Waals surface area contributed by atoms with E-state index < -0.39 is 5.97 Å². The molecule has 1 amide bonds. The first-order chi connectivity index (χ1) is 12.0. The predicted molar refractivity (Wildman–Crippen MR) is 101 cm³/mol. The standard InChI is InChI=1S/C16H12Cl2N2O3S2/c1-2-23-13(21)8-20-14-10(18)6-9(17)7-12(14)25-16(20)19-15(22)11-4-3-5-24-11/h3-7H,2,8H2,1H3. The lowest BCUT2D eigenvalue weighted by molar-refractivity contribution is -0.143. The number of fused-ring (bicyclic) bond motifs is 1. The fraction of sp³-hybridized carbons (Fsp3) is 0.188. The van der Waals surface area contributed by atoms with Crippen LogP contribution in [-0.2, 0) is 16.1 Å². The van der Waals surface area contributed by atoms with Crippen molar-refractivity contribution in [3.63, 3.8) is 0 Å². The molecule has 0 fully saturated rings. The van der Waals surface area contributed by atoms with Gasteiger partial charge in [-0.25, -0.2) is 0 Å². The van der Waals surface area contributed by atoms with Gasteiger partial charge in [0.15, 0.2) is 4.80 Å². The third kappa shape index (κ3) is 3.95. The van der Waals surface area contributed by atoms with Gasteiger partial charge in [0.05, 0.1) is 26.7 Å². The molecule has 0 aliphatic heterocycles. The first-order valence-corrected chi connectivity index (χ1v) is 9.71. The van der Waals surface area contributed by atoms with Crippen molar-refractivity contribution in [3.05, 3.63) is 49.4 Å². The zero-order chi connectivity index (χ0) is 18.0. The van der Waals surface area contributed by atoms with Crippen LogP contribution in [0.2, 0.25) is 10.0 Å². The summed E-state index contributed by atoms with van der Waals surface area (Å²) in [7, 11) is 0. The van der Waals surface area contributed by atoms with Crippen LogP contribution in [0.15, 0.2) is 34.6 Å². The largest absolute Gasteiger partial charge is 0.465 e. The Balaban J connectivity index is 2.17. The monoisotopic (exact) mass is 414 g/mol. The molecule has 0 aliphatic rings. The third-order valence-electron chi connectivity index (χ3n) is 3.22. The van der Waals surface area contributed by atoms with Crippen LogP contribution in [0.3, 0.4) is 0 Å². The van der Waals surface area contributed by atoms with Gasteiger partial charge < -0.3 is 9.30 Å². The van der Waals surface area contributed by atoms with E-state index in [0.29, 0.717) is 25.2 Å². The first-order valence-electron chi connectivity index (χ1n) is 7.26. The maximum Gasteiger partial charge on any atom is 0.326 e. The number of amides is 1. The van der Waals surface area contributed by atoms with E-state index in [-0.39, 0.29) is 19.1 Å². The topological polar surface area (TPSA) is 60.7 Å². The molecule has 25 heavy (non-hydrogen) atoms. The van der Waals surface area contributed by atoms with Gasteiger partial charge in [-0.15, -0.1) is 11.3 Å². The van der Waals surface area contributed by atoms with E-state index in [1.807, 2.05) is 0 Å². The number of esters is 1. The Hall–Kier alpha value is -1.67. The molecule has 0 atom stereocenters. The number of hydrogen-bond donors (Lipinski definition) is 0. The van der Waals surface area contributed by atoms with Crippen molar-refractivity contribution in [3.8, 4) is 0 Å². The Kier molecular flexibility index (Phi) is 5.58. The maximum absolute atomic E-state index is 12.3. The van der Waals surface area contributed by atoms with E-state index in [0.717, 1.165) is 4.70 Å². The number of ether oxygens (including phenoxy) is 1. The number of hydrogen-bond acceptors (Lipinski definition) is 5. The molecule has 0 unspecified atom stereocenters. The number of carbonyl (C=O) groups is 2. The summed E-state index contributed by atoms with van der Waals surface area (Å²) in [5.74, 6) is -0.806. The van der Waals surface area contributed by atoms with Crippen LogP contribution >= 0.6 is 45.9 Å². The Bertz CT molecular complexity index is 1010. The highest BCUT2D eigenvalue weighted by Gasteiger charge is 2.16. The molecule has 0 saturated carbocycles. The molecule has 0 saturated heterocycles. The summed E-state index contributed by atoms with van der Waals surface area (Å²) in [6, 6.07) is 6.79. The van der Waals surface area contributed by atoms with Gasteiger partial charge in [0, 0.05) is 5.02 Å². The Morgan fingerprint density at radius 3 is 2.80 bits per heavy atom. The van der Waals surface area contributed by atoms with Gasteiger partial charge in [0.2, 0.25) is 0 Å². The van der Waals surface area contributed by atoms with E-state index in [9.17, 15) is 9.59 Å². The predicted octanol–water partition coefficient (Wildman–Crippen LogP) is 4.38. The molecule has 0 aliphatic carbocycles. The van der Waals surface area contributed by atoms with Crippen molar-refractivity contribution in [2.45, 2.75) is 13.5 Å². The van der Waals surface area contributed by atoms with E-state index in [2.05, 4.69) is 4.99 Å². The molecule has 3 aromatic rings. The van der Waals surface area contributed by atoms with Crippen LogP contribution in [0, 0.1) is 0 Å². The summed E-state index contributed by atoms with van der Waals surface area (Å²) in [6.07, 6.45) is 0. The van der Waals surface area contributed by atoms with Crippen LogP contribution in [0.5, 0.6) is 0 Å². The number of nitrogens with zero attached hydrogens (tertiary/aromatic N) is 2. The number of benzene rings is 1. The molecule has 3 rings (SSSR count). The second-order valence-corrected chi connectivity index (χ2v) is 7.70. The number of thiazole rings is 1. The Morgan fingerprint density at radius 2 is 2.12 bits per heavy atom. The Morgan fingerprint density at radius 1 is 1.32 bits per heavy atom. The minimum Gasteiger partial charge on any atom is -0.465 e. The molecular formula is C16H12Cl2N2O3S2. The lowest BCUT2D eigenvalue weighted by Crippen LogP contribution is -2.23. The molecular weight excluding hydrogens is 403 g/mol. The molecule has 130 valence electrons. The fourth-order valence-electron chi connectivity index (χ4n) is 2.24. The highest BCUT2D eigenvalue weighted by Crippen LogP contribution is 2.29. The van der Waals surface area contributed by atoms with Gasteiger partial charge in [-0.05, 0) is 30.5 Å². The quantitative estimate of drug-likeness (QED) is 0.595. The number of carbonyl (C=O) groups excluding carboxylic acids is 2. The summed E-state index contributed by atoms with van der Waals surface area (Å²) >= 11 is 14.9. The minimum absolute atomic E-state index is 0.0915. The lowest BCUT2D eigenvalue weighted by atomic mass is 10.3. The molecule has 0 spiro atoms. The number of thiophene rings is 1. The lowest BCUT2D eigenvalue weighted by Gasteiger charge is -2.06. The zero-order valence-corrected chi connectivity index (χ0v) is 16.1. The van der Waals surface area contributed by atoms with E-state index >= 15 is 0 Å². The van der Waals surface area contributed by atoms with Crippen molar-refractivity contribution in [1.82, 2.24) is 4.57 Å². The van der Waals surface area contributed by atoms with Crippen molar-refractivity contribution >= 4 is 68.0 Å². The van der Waals surface area contributed by atoms with Gasteiger partial charge in [0.1, 0.15) is 6.54 Å². The Labute approximate surface area is 161 Å². The van der Waals surface area contributed by atoms with E-state index in [1.54, 1.807) is 41.1 Å². The van der Waals surface area contributed by atoms with Crippen LogP contribution in [0.1, 0.15) is 16.6 Å². The molecule has 0 N–H and O–H groups in total. The van der Waals surface area contributed by atoms with Crippen LogP contribution in [0.4, 0.5) is 0 Å². The molecule has 0 bridgehead atoms. The normalized spacial score (nSPS) is 11.9. The summed E-state index contributed by atoms with van der Waals surface area (Å²) in [4.78, 5) is 29.3. The zero-order valence-electron chi connectivity index (χ0n) is 13.0. The van der Waals surface area contributed by atoms with Crippen LogP contribution < -0.4 is 4.80 Å². The van der Waals surface area contributed by atoms with Crippen molar-refractivity contribution < 1.29 is 14.3 Å². The molecule has 2 aromatic heterocycles. The van der Waals surface area contributed by atoms with Crippen molar-refractivity contribution in [2.24, 2.45) is 4.99 Å². The van der Waals surface area contributed by atoms with Crippen LogP contribution in [-0.4, -0.2) is 23.1 Å². The maximum atomic E-state index is 12.3. The average molecular weight is 415 g/mol. The number of halogens is 2. The van der Waals surface area contributed by atoms with Crippen molar-refractivity contribution in [2.75, 3.05) is 6.61 Å². The summed E-state index contributed by atoms with van der Waals surface area (Å²) < 4.78 is 7.33. The summed E-state index contributed by atoms with van der Waals surface area (Å²) in [5.41, 5.74) is 0.599. The minimum atomic E-state index is -0.432. The number of rotatable bonds is 4. The second-order valence-electron chi connectivity index (χ2n) is 4.90. The van der Waals surface area contributed by atoms with Gasteiger partial charge in [-0.3, -0.25) is 9.59 Å². The second kappa shape index (κ2) is 7.70. The highest BCUT2D eigenvalue weighted by molar-refractivity contribution is 7.16. The fourth-order valence-corrected chi connectivity index (χ4v) is 4.66. The van der Waals surface area contributed by atoms with Gasteiger partial charge in [-0.1, -0.05) is 40.6 Å². The SMILES string of the molecule is CCOC(=O)Cn1c(=NC(=O)c2cccs2)sc2cc(Cl)cc(Cl)c21. The van der Waals surface area contributed by atoms with E-state index in [4.69, 9.17) is 27.9 Å². The van der Waals surface area contributed by atoms with Gasteiger partial charge in [-0.2, -0.15) is 4.99 Å². The third-order valence-corrected chi connectivity index (χ3v) is 5.61. The van der Waals surface area contributed by atoms with E-state index in [1.165, 1.54) is 22.7 Å². The smallest absolute Gasteiger partial charge is 0.326 e. The first kappa shape index (κ1) is 18.1. The molecule has 1 aromatic carbocycles. The average Bonchev–Trinajstić information content (AvgIpc) is 3.16. The highest BCUT2D eigenvalue weighted by atomic mass is 35.5. The summed E-state index contributed by atoms with van der Waals surface area (Å²) in [6.45, 7) is 1.90. The molecule has 0 radical (unpaired) electrons. The van der Waals surface area contributed by atoms with Crippen LogP contribution in [0.25, 0.3) is 10.2 Å².